The molecular weight excluding hydrogens is 294 g/mol. The zero-order chi connectivity index (χ0) is 15.2. The molecule has 0 heterocycles. The first kappa shape index (κ1) is 17.5. The second kappa shape index (κ2) is 7.45. The smallest absolute Gasteiger partial charge is 0.175 e. The van der Waals surface area contributed by atoms with Gasteiger partial charge in [-0.15, -0.1) is 11.8 Å². The van der Waals surface area contributed by atoms with Crippen LogP contribution in [0.2, 0.25) is 0 Å². The average molecular weight is 317 g/mol. The Morgan fingerprint density at radius 3 is 2.35 bits per heavy atom. The Morgan fingerprint density at radius 1 is 1.25 bits per heavy atom. The van der Waals surface area contributed by atoms with Crippen molar-refractivity contribution in [2.45, 2.75) is 41.6 Å². The highest BCUT2D eigenvalue weighted by molar-refractivity contribution is 7.99. The van der Waals surface area contributed by atoms with E-state index in [0.29, 0.717) is 11.3 Å². The van der Waals surface area contributed by atoms with Crippen LogP contribution in [0.15, 0.2) is 34.1 Å². The zero-order valence-electron chi connectivity index (χ0n) is 12.0. The molecule has 0 amide bonds. The molecular formula is C14H23NO3S2. The van der Waals surface area contributed by atoms with E-state index in [4.69, 9.17) is 5.73 Å². The van der Waals surface area contributed by atoms with Crippen LogP contribution in [0, 0.1) is 0 Å². The van der Waals surface area contributed by atoms with Crippen molar-refractivity contribution in [1.29, 1.82) is 0 Å². The molecule has 114 valence electrons. The first-order valence-corrected chi connectivity index (χ1v) is 9.48. The van der Waals surface area contributed by atoms with Gasteiger partial charge in [0, 0.05) is 17.7 Å². The van der Waals surface area contributed by atoms with E-state index in [1.165, 1.54) is 6.26 Å². The van der Waals surface area contributed by atoms with Gasteiger partial charge in [0.15, 0.2) is 9.84 Å². The van der Waals surface area contributed by atoms with E-state index in [9.17, 15) is 13.5 Å². The molecule has 6 heteroatoms. The first-order valence-electron chi connectivity index (χ1n) is 6.60. The van der Waals surface area contributed by atoms with Crippen LogP contribution < -0.4 is 5.73 Å². The monoisotopic (exact) mass is 317 g/mol. The summed E-state index contributed by atoms with van der Waals surface area (Å²) in [5.74, 6) is 0.943. The molecule has 3 N–H and O–H groups in total. The predicted octanol–water partition coefficient (Wildman–Crippen LogP) is 2.06. The molecule has 0 saturated carbocycles. The maximum absolute atomic E-state index is 11.3. The molecule has 0 aliphatic carbocycles. The summed E-state index contributed by atoms with van der Waals surface area (Å²) < 4.78 is 22.7. The number of unbranched alkanes of at least 4 members (excludes halogenated alkanes) is 1. The molecule has 1 aromatic carbocycles. The summed E-state index contributed by atoms with van der Waals surface area (Å²) in [5, 5.41) is 9.76. The lowest BCUT2D eigenvalue weighted by molar-refractivity contribution is 0.0577. The highest BCUT2D eigenvalue weighted by atomic mass is 32.2. The molecule has 1 aromatic rings. The summed E-state index contributed by atoms with van der Waals surface area (Å²) in [7, 11) is -3.12. The van der Waals surface area contributed by atoms with Gasteiger partial charge in [0.25, 0.3) is 0 Å². The molecule has 0 saturated heterocycles. The lowest BCUT2D eigenvalue weighted by Gasteiger charge is -2.20. The standard InChI is InChI=1S/C14H23NO3S2/c1-14(16,11-15)9-3-4-10-19-12-5-7-13(8-6-12)20(2,17)18/h5-8,16H,3-4,9-11,15H2,1-2H3. The fourth-order valence-corrected chi connectivity index (χ4v) is 3.23. The number of rotatable bonds is 8. The third-order valence-electron chi connectivity index (χ3n) is 3.07. The van der Waals surface area contributed by atoms with Crippen molar-refractivity contribution < 1.29 is 13.5 Å². The molecule has 0 aliphatic heterocycles. The first-order chi connectivity index (χ1) is 9.24. The summed E-state index contributed by atoms with van der Waals surface area (Å²) in [4.78, 5) is 1.41. The number of thioether (sulfide) groups is 1. The van der Waals surface area contributed by atoms with Crippen molar-refractivity contribution in [2.24, 2.45) is 5.73 Å². The molecule has 0 fully saturated rings. The van der Waals surface area contributed by atoms with Crippen LogP contribution in [-0.2, 0) is 9.84 Å². The average Bonchev–Trinajstić information content (AvgIpc) is 2.38. The molecule has 0 radical (unpaired) electrons. The van der Waals surface area contributed by atoms with Crippen molar-refractivity contribution in [3.63, 3.8) is 0 Å². The van der Waals surface area contributed by atoms with Gasteiger partial charge in [0.1, 0.15) is 0 Å². The van der Waals surface area contributed by atoms with Crippen LogP contribution in [0.1, 0.15) is 26.2 Å². The minimum atomic E-state index is -3.12. The van der Waals surface area contributed by atoms with Crippen LogP contribution >= 0.6 is 11.8 Å². The molecule has 1 rings (SSSR count). The Kier molecular flexibility index (Phi) is 6.51. The maximum Gasteiger partial charge on any atom is 0.175 e. The molecule has 0 spiro atoms. The summed E-state index contributed by atoms with van der Waals surface area (Å²) in [5.41, 5.74) is 4.69. The van der Waals surface area contributed by atoms with E-state index in [-0.39, 0.29) is 6.54 Å². The predicted molar refractivity (Wildman–Crippen MR) is 83.8 cm³/mol. The van der Waals surface area contributed by atoms with Gasteiger partial charge in [0.2, 0.25) is 0 Å². The second-order valence-electron chi connectivity index (χ2n) is 5.25. The molecule has 0 aromatic heterocycles. The van der Waals surface area contributed by atoms with Crippen molar-refractivity contribution >= 4 is 21.6 Å². The number of hydrogen-bond acceptors (Lipinski definition) is 5. The summed E-state index contributed by atoms with van der Waals surface area (Å²) in [6.07, 6.45) is 3.84. The SMILES string of the molecule is CC(O)(CN)CCCCSc1ccc(S(C)(=O)=O)cc1. The molecule has 1 unspecified atom stereocenters. The normalized spacial score (nSPS) is 15.0. The van der Waals surface area contributed by atoms with Gasteiger partial charge in [-0.2, -0.15) is 0 Å². The fraction of sp³-hybridized carbons (Fsp3) is 0.571. The summed E-state index contributed by atoms with van der Waals surface area (Å²) in [6, 6.07) is 6.93. The highest BCUT2D eigenvalue weighted by Gasteiger charge is 2.16. The lowest BCUT2D eigenvalue weighted by Crippen LogP contribution is -2.33. The van der Waals surface area contributed by atoms with Gasteiger partial charge in [0.05, 0.1) is 10.5 Å². The van der Waals surface area contributed by atoms with Gasteiger partial charge in [-0.3, -0.25) is 0 Å². The zero-order valence-corrected chi connectivity index (χ0v) is 13.6. The fourth-order valence-electron chi connectivity index (χ4n) is 1.68. The summed E-state index contributed by atoms with van der Waals surface area (Å²) in [6.45, 7) is 2.04. The van der Waals surface area contributed by atoms with Crippen LogP contribution in [-0.4, -0.2) is 37.7 Å². The molecule has 4 nitrogen and oxygen atoms in total. The van der Waals surface area contributed by atoms with E-state index in [1.54, 1.807) is 30.8 Å². The van der Waals surface area contributed by atoms with Crippen molar-refractivity contribution in [2.75, 3.05) is 18.6 Å². The van der Waals surface area contributed by atoms with E-state index in [0.717, 1.165) is 23.5 Å². The Hall–Kier alpha value is -0.560. The number of benzene rings is 1. The molecule has 0 aliphatic rings. The van der Waals surface area contributed by atoms with Crippen LogP contribution in [0.4, 0.5) is 0 Å². The molecule has 20 heavy (non-hydrogen) atoms. The van der Waals surface area contributed by atoms with E-state index in [2.05, 4.69) is 0 Å². The third-order valence-corrected chi connectivity index (χ3v) is 5.30. The van der Waals surface area contributed by atoms with Gasteiger partial charge < -0.3 is 10.8 Å². The van der Waals surface area contributed by atoms with E-state index in [1.807, 2.05) is 12.1 Å². The van der Waals surface area contributed by atoms with E-state index < -0.39 is 15.4 Å². The minimum absolute atomic E-state index is 0.285. The van der Waals surface area contributed by atoms with Gasteiger partial charge >= 0.3 is 0 Å². The minimum Gasteiger partial charge on any atom is -0.389 e. The quantitative estimate of drug-likeness (QED) is 0.567. The van der Waals surface area contributed by atoms with Crippen molar-refractivity contribution in [3.05, 3.63) is 24.3 Å². The number of hydrogen-bond donors (Lipinski definition) is 2. The van der Waals surface area contributed by atoms with Crippen LogP contribution in [0.5, 0.6) is 0 Å². The number of nitrogens with two attached hydrogens (primary N) is 1. The van der Waals surface area contributed by atoms with Crippen molar-refractivity contribution in [1.82, 2.24) is 0 Å². The number of sulfone groups is 1. The van der Waals surface area contributed by atoms with Crippen LogP contribution in [0.25, 0.3) is 0 Å². The lowest BCUT2D eigenvalue weighted by atomic mass is 10.00. The summed E-state index contributed by atoms with van der Waals surface area (Å²) >= 11 is 1.69. The highest BCUT2D eigenvalue weighted by Crippen LogP contribution is 2.22. The topological polar surface area (TPSA) is 80.4 Å². The maximum atomic E-state index is 11.3. The molecule has 1 atom stereocenters. The second-order valence-corrected chi connectivity index (χ2v) is 8.43. The Morgan fingerprint density at radius 2 is 1.85 bits per heavy atom. The van der Waals surface area contributed by atoms with Gasteiger partial charge in [-0.1, -0.05) is 0 Å². The Balaban J connectivity index is 2.33. The number of aliphatic hydroxyl groups is 1. The van der Waals surface area contributed by atoms with E-state index >= 15 is 0 Å². The van der Waals surface area contributed by atoms with Crippen LogP contribution in [0.3, 0.4) is 0 Å². The Bertz CT molecular complexity index is 510. The van der Waals surface area contributed by atoms with Crippen molar-refractivity contribution in [3.8, 4) is 0 Å². The largest absolute Gasteiger partial charge is 0.389 e. The Labute approximate surface area is 125 Å². The van der Waals surface area contributed by atoms with Gasteiger partial charge in [-0.05, 0) is 56.2 Å². The van der Waals surface area contributed by atoms with Gasteiger partial charge in [-0.25, -0.2) is 8.42 Å². The molecule has 0 bridgehead atoms. The third kappa shape index (κ3) is 6.26.